The highest BCUT2D eigenvalue weighted by molar-refractivity contribution is 5.94. The number of aliphatic hydroxyl groups excluding tert-OH is 1. The van der Waals surface area contributed by atoms with Crippen LogP contribution in [0.3, 0.4) is 0 Å². The first-order valence-corrected chi connectivity index (χ1v) is 9.95. The van der Waals surface area contributed by atoms with Crippen molar-refractivity contribution in [1.82, 2.24) is 4.90 Å². The molecule has 2 aromatic carbocycles. The Bertz CT molecular complexity index is 695. The zero-order chi connectivity index (χ0) is 19.1. The van der Waals surface area contributed by atoms with Crippen LogP contribution >= 0.6 is 0 Å². The second-order valence-electron chi connectivity index (χ2n) is 7.46. The Morgan fingerprint density at radius 1 is 1.07 bits per heavy atom. The lowest BCUT2D eigenvalue weighted by atomic mass is 10.0. The molecule has 1 amide bonds. The van der Waals surface area contributed by atoms with E-state index in [-0.39, 0.29) is 18.4 Å². The van der Waals surface area contributed by atoms with Crippen LogP contribution in [0.4, 0.5) is 5.69 Å². The summed E-state index contributed by atoms with van der Waals surface area (Å²) in [7, 11) is 0. The molecular formula is C23H30N2O2. The average Bonchev–Trinajstić information content (AvgIpc) is 2.69. The van der Waals surface area contributed by atoms with Gasteiger partial charge in [-0.2, -0.15) is 0 Å². The maximum atomic E-state index is 12.8. The van der Waals surface area contributed by atoms with Crippen molar-refractivity contribution in [2.75, 3.05) is 24.5 Å². The average molecular weight is 367 g/mol. The molecule has 3 rings (SSSR count). The fraction of sp³-hybridized carbons (Fsp3) is 0.435. The number of rotatable bonds is 7. The van der Waals surface area contributed by atoms with Crippen molar-refractivity contribution < 1.29 is 9.90 Å². The number of nitrogens with zero attached hydrogens (tertiary/aromatic N) is 2. The number of likely N-dealkylation sites (tertiary alicyclic amines) is 1. The van der Waals surface area contributed by atoms with Crippen LogP contribution in [0.5, 0.6) is 0 Å². The van der Waals surface area contributed by atoms with Crippen molar-refractivity contribution in [2.24, 2.45) is 0 Å². The summed E-state index contributed by atoms with van der Waals surface area (Å²) in [6.45, 7) is 4.74. The monoisotopic (exact) mass is 366 g/mol. The number of hydrogen-bond acceptors (Lipinski definition) is 3. The SMILES string of the molecule is CC(O)CC(=O)N(c1ccccc1)C1CCN(CCc2ccccc2)CC1. The first kappa shape index (κ1) is 19.6. The molecule has 1 N–H and O–H groups in total. The molecule has 4 nitrogen and oxygen atoms in total. The van der Waals surface area contributed by atoms with Crippen LogP contribution in [0.2, 0.25) is 0 Å². The van der Waals surface area contributed by atoms with Crippen LogP contribution in [0.1, 0.15) is 31.7 Å². The normalized spacial score (nSPS) is 16.8. The lowest BCUT2D eigenvalue weighted by Gasteiger charge is -2.39. The number of amides is 1. The standard InChI is InChI=1S/C23H30N2O2/c1-19(26)18-23(27)25(21-10-6-3-7-11-21)22-13-16-24(17-14-22)15-12-20-8-4-2-5-9-20/h2-11,19,22,26H,12-18H2,1H3. The van der Waals surface area contributed by atoms with Crippen LogP contribution < -0.4 is 4.90 Å². The Hall–Kier alpha value is -2.17. The Morgan fingerprint density at radius 3 is 2.26 bits per heavy atom. The van der Waals surface area contributed by atoms with Crippen molar-refractivity contribution in [3.05, 3.63) is 66.2 Å². The predicted octanol–water partition coefficient (Wildman–Crippen LogP) is 3.50. The molecule has 1 fully saturated rings. The number of hydrogen-bond donors (Lipinski definition) is 1. The molecule has 0 spiro atoms. The van der Waals surface area contributed by atoms with Gasteiger partial charge < -0.3 is 14.9 Å². The third kappa shape index (κ3) is 5.65. The first-order chi connectivity index (χ1) is 13.1. The summed E-state index contributed by atoms with van der Waals surface area (Å²) in [5, 5.41) is 9.68. The van der Waals surface area contributed by atoms with E-state index in [0.29, 0.717) is 0 Å². The number of carbonyl (C=O) groups is 1. The fourth-order valence-corrected chi connectivity index (χ4v) is 3.83. The summed E-state index contributed by atoms with van der Waals surface area (Å²) in [6.07, 6.45) is 2.55. The van der Waals surface area contributed by atoms with Gasteiger partial charge >= 0.3 is 0 Å². The van der Waals surface area contributed by atoms with E-state index in [1.165, 1.54) is 5.56 Å². The van der Waals surface area contributed by atoms with Crippen molar-refractivity contribution in [1.29, 1.82) is 0 Å². The van der Waals surface area contributed by atoms with E-state index in [0.717, 1.165) is 44.6 Å². The highest BCUT2D eigenvalue weighted by Gasteiger charge is 2.29. The molecule has 0 bridgehead atoms. The molecule has 1 aliphatic heterocycles. The van der Waals surface area contributed by atoms with Gasteiger partial charge in [0.05, 0.1) is 12.5 Å². The highest BCUT2D eigenvalue weighted by atomic mass is 16.3. The Kier molecular flexibility index (Phi) is 7.02. The second kappa shape index (κ2) is 9.67. The summed E-state index contributed by atoms with van der Waals surface area (Å²) in [6, 6.07) is 20.7. The van der Waals surface area contributed by atoms with Crippen LogP contribution in [0.15, 0.2) is 60.7 Å². The molecule has 1 aliphatic rings. The minimum absolute atomic E-state index is 0.0129. The Labute approximate surface area is 162 Å². The molecule has 0 saturated carbocycles. The third-order valence-corrected chi connectivity index (χ3v) is 5.25. The van der Waals surface area contributed by atoms with E-state index in [4.69, 9.17) is 0 Å². The molecule has 27 heavy (non-hydrogen) atoms. The van der Waals surface area contributed by atoms with Crippen molar-refractivity contribution >= 4 is 11.6 Å². The quantitative estimate of drug-likeness (QED) is 0.816. The molecule has 144 valence electrons. The van der Waals surface area contributed by atoms with Crippen molar-refractivity contribution in [2.45, 2.75) is 44.8 Å². The van der Waals surface area contributed by atoms with Gasteiger partial charge in [-0.1, -0.05) is 48.5 Å². The minimum Gasteiger partial charge on any atom is -0.393 e. The molecule has 0 radical (unpaired) electrons. The van der Waals surface area contributed by atoms with Crippen LogP contribution in [0, 0.1) is 0 Å². The largest absolute Gasteiger partial charge is 0.393 e. The Balaban J connectivity index is 1.59. The van der Waals surface area contributed by atoms with Gasteiger partial charge in [0, 0.05) is 31.4 Å². The molecule has 2 aromatic rings. The van der Waals surface area contributed by atoms with Gasteiger partial charge in [-0.25, -0.2) is 0 Å². The van der Waals surface area contributed by atoms with Gasteiger partial charge in [-0.15, -0.1) is 0 Å². The van der Waals surface area contributed by atoms with Crippen LogP contribution in [-0.4, -0.2) is 47.7 Å². The zero-order valence-corrected chi connectivity index (χ0v) is 16.1. The third-order valence-electron chi connectivity index (χ3n) is 5.25. The predicted molar refractivity (Wildman–Crippen MR) is 110 cm³/mol. The second-order valence-corrected chi connectivity index (χ2v) is 7.46. The van der Waals surface area contributed by atoms with Crippen LogP contribution in [0.25, 0.3) is 0 Å². The van der Waals surface area contributed by atoms with Gasteiger partial charge in [-0.3, -0.25) is 4.79 Å². The molecule has 4 heteroatoms. The number of para-hydroxylation sites is 1. The zero-order valence-electron chi connectivity index (χ0n) is 16.1. The van der Waals surface area contributed by atoms with Gasteiger partial charge in [0.2, 0.25) is 5.91 Å². The molecule has 1 unspecified atom stereocenters. The summed E-state index contributed by atoms with van der Waals surface area (Å²) >= 11 is 0. The van der Waals surface area contributed by atoms with Gasteiger partial charge in [0.25, 0.3) is 0 Å². The van der Waals surface area contributed by atoms with E-state index in [9.17, 15) is 9.90 Å². The summed E-state index contributed by atoms with van der Waals surface area (Å²) in [5.41, 5.74) is 2.31. The molecule has 0 aliphatic carbocycles. The van der Waals surface area contributed by atoms with E-state index in [1.807, 2.05) is 35.2 Å². The summed E-state index contributed by atoms with van der Waals surface area (Å²) in [5.74, 6) is 0.0129. The lowest BCUT2D eigenvalue weighted by molar-refractivity contribution is -0.120. The van der Waals surface area contributed by atoms with E-state index in [2.05, 4.69) is 35.2 Å². The number of benzene rings is 2. The highest BCUT2D eigenvalue weighted by Crippen LogP contribution is 2.25. The van der Waals surface area contributed by atoms with E-state index >= 15 is 0 Å². The smallest absolute Gasteiger partial charge is 0.229 e. The van der Waals surface area contributed by atoms with Crippen molar-refractivity contribution in [3.8, 4) is 0 Å². The Morgan fingerprint density at radius 2 is 1.67 bits per heavy atom. The molecule has 1 atom stereocenters. The maximum Gasteiger partial charge on any atom is 0.229 e. The van der Waals surface area contributed by atoms with Crippen molar-refractivity contribution in [3.63, 3.8) is 0 Å². The number of anilines is 1. The van der Waals surface area contributed by atoms with Gasteiger partial charge in [-0.05, 0) is 43.9 Å². The number of piperidine rings is 1. The topological polar surface area (TPSA) is 43.8 Å². The van der Waals surface area contributed by atoms with E-state index < -0.39 is 6.10 Å². The number of carbonyl (C=O) groups excluding carboxylic acids is 1. The minimum atomic E-state index is -0.616. The van der Waals surface area contributed by atoms with Crippen LogP contribution in [-0.2, 0) is 11.2 Å². The summed E-state index contributed by atoms with van der Waals surface area (Å²) in [4.78, 5) is 17.2. The molecule has 0 aromatic heterocycles. The van der Waals surface area contributed by atoms with E-state index in [1.54, 1.807) is 6.92 Å². The molecular weight excluding hydrogens is 336 g/mol. The van der Waals surface area contributed by atoms with Gasteiger partial charge in [0.15, 0.2) is 0 Å². The maximum absolute atomic E-state index is 12.8. The van der Waals surface area contributed by atoms with Gasteiger partial charge in [0.1, 0.15) is 0 Å². The fourth-order valence-electron chi connectivity index (χ4n) is 3.83. The molecule has 1 saturated heterocycles. The number of aliphatic hydroxyl groups is 1. The summed E-state index contributed by atoms with van der Waals surface area (Å²) < 4.78 is 0. The molecule has 1 heterocycles. The lowest BCUT2D eigenvalue weighted by Crippen LogP contribution is -2.48. The first-order valence-electron chi connectivity index (χ1n) is 9.95.